The third kappa shape index (κ3) is 7.20. The number of aryl methyl sites for hydroxylation is 2. The van der Waals surface area contributed by atoms with E-state index in [2.05, 4.69) is 16.6 Å². The fraction of sp³-hybridized carbons (Fsp3) is 0.128. The fourth-order valence-electron chi connectivity index (χ4n) is 5.57. The monoisotopic (exact) mass is 674 g/mol. The lowest BCUT2D eigenvalue weighted by atomic mass is 9.97. The Morgan fingerprint density at radius 1 is 0.792 bits per heavy atom. The molecule has 0 fully saturated rings. The molecule has 1 aromatic heterocycles. The van der Waals surface area contributed by atoms with Gasteiger partial charge in [-0.1, -0.05) is 59.2 Å². The lowest BCUT2D eigenvalue weighted by Gasteiger charge is -2.08. The van der Waals surface area contributed by atoms with Crippen LogP contribution in [0.4, 0.5) is 4.79 Å². The van der Waals surface area contributed by atoms with Crippen molar-refractivity contribution in [2.75, 3.05) is 5.75 Å². The Labute approximate surface area is 287 Å². The molecule has 0 amide bonds. The van der Waals surface area contributed by atoms with Gasteiger partial charge in [-0.2, -0.15) is 0 Å². The van der Waals surface area contributed by atoms with Crippen LogP contribution in [-0.2, 0) is 11.4 Å². The number of nitrogens with zero attached hydrogens (tertiary/aromatic N) is 2. The molecular formula is C39H31ClN2O5S. The zero-order valence-electron chi connectivity index (χ0n) is 26.3. The summed E-state index contributed by atoms with van der Waals surface area (Å²) in [5.74, 6) is 0.338. The number of Topliss-reactive ketones (excluding diaryl/α,β-unsaturated/α-hetero) is 1. The molecule has 0 spiro atoms. The van der Waals surface area contributed by atoms with Gasteiger partial charge in [0, 0.05) is 67.1 Å². The number of fused-ring (bicyclic) bond motifs is 3. The number of halogens is 1. The van der Waals surface area contributed by atoms with Crippen molar-refractivity contribution in [2.24, 2.45) is 5.16 Å². The van der Waals surface area contributed by atoms with E-state index >= 15 is 0 Å². The lowest BCUT2D eigenvalue weighted by molar-refractivity contribution is 0.0984. The van der Waals surface area contributed by atoms with E-state index in [1.165, 1.54) is 11.8 Å². The van der Waals surface area contributed by atoms with E-state index in [0.29, 0.717) is 39.8 Å². The first-order chi connectivity index (χ1) is 23.3. The van der Waals surface area contributed by atoms with Crippen molar-refractivity contribution in [3.05, 3.63) is 143 Å². The summed E-state index contributed by atoms with van der Waals surface area (Å²) in [6.07, 6.45) is -0.835. The highest BCUT2D eigenvalue weighted by Crippen LogP contribution is 2.32. The summed E-state index contributed by atoms with van der Waals surface area (Å²) in [4.78, 5) is 46.0. The summed E-state index contributed by atoms with van der Waals surface area (Å²) in [5, 5.41) is 6.32. The number of aromatic nitrogens is 1. The van der Waals surface area contributed by atoms with Gasteiger partial charge in [-0.25, -0.2) is 4.79 Å². The van der Waals surface area contributed by atoms with E-state index < -0.39 is 6.16 Å². The predicted molar refractivity (Wildman–Crippen MR) is 192 cm³/mol. The topological polar surface area (TPSA) is 87.0 Å². The van der Waals surface area contributed by atoms with Crippen LogP contribution in [0.2, 0.25) is 5.02 Å². The smallest absolute Gasteiger partial charge is 0.393 e. The molecule has 0 atom stereocenters. The molecule has 6 aromatic rings. The summed E-state index contributed by atoms with van der Waals surface area (Å²) < 4.78 is 7.35. The van der Waals surface area contributed by atoms with Crippen LogP contribution in [0.3, 0.4) is 0 Å². The number of benzene rings is 5. The molecule has 48 heavy (non-hydrogen) atoms. The van der Waals surface area contributed by atoms with Crippen molar-refractivity contribution in [2.45, 2.75) is 31.7 Å². The second-order valence-electron chi connectivity index (χ2n) is 11.0. The molecule has 0 unspecified atom stereocenters. The number of rotatable bonds is 11. The highest BCUT2D eigenvalue weighted by molar-refractivity contribution is 7.99. The van der Waals surface area contributed by atoms with E-state index in [9.17, 15) is 14.4 Å². The zero-order chi connectivity index (χ0) is 33.6. The minimum atomic E-state index is -1.05. The number of ketones is 2. The van der Waals surface area contributed by atoms with Gasteiger partial charge in [0.05, 0.1) is 0 Å². The Morgan fingerprint density at radius 2 is 1.44 bits per heavy atom. The SMILES string of the molecule is CCn1c2ccc(C(=O)/C(CCSc3ccc(Cl)cc3)=N/OC(=O)Oc3ccccc3)cc2c2cc(C(=O)c3ccccc3C)ccc21. The first kappa shape index (κ1) is 32.7. The van der Waals surface area contributed by atoms with E-state index in [4.69, 9.17) is 21.2 Å². The Bertz CT molecular complexity index is 2170. The number of hydrogen-bond acceptors (Lipinski definition) is 7. The Balaban J connectivity index is 1.33. The van der Waals surface area contributed by atoms with Crippen LogP contribution in [-0.4, -0.2) is 33.8 Å². The van der Waals surface area contributed by atoms with E-state index in [1.54, 1.807) is 48.5 Å². The number of carbonyl (C=O) groups is 3. The summed E-state index contributed by atoms with van der Waals surface area (Å²) >= 11 is 7.55. The van der Waals surface area contributed by atoms with Crippen LogP contribution in [0.25, 0.3) is 21.8 Å². The van der Waals surface area contributed by atoms with Crippen LogP contribution in [0, 0.1) is 6.92 Å². The zero-order valence-corrected chi connectivity index (χ0v) is 27.9. The lowest BCUT2D eigenvalue weighted by Crippen LogP contribution is -2.18. The summed E-state index contributed by atoms with van der Waals surface area (Å²) in [6, 6.07) is 34.6. The molecule has 0 N–H and O–H groups in total. The number of para-hydroxylation sites is 1. The molecule has 5 aromatic carbocycles. The Morgan fingerprint density at radius 3 is 2.12 bits per heavy atom. The number of ether oxygens (including phenoxy) is 1. The van der Waals surface area contributed by atoms with Crippen molar-refractivity contribution in [3.8, 4) is 5.75 Å². The number of oxime groups is 1. The van der Waals surface area contributed by atoms with Gasteiger partial charge in [-0.3, -0.25) is 14.4 Å². The predicted octanol–water partition coefficient (Wildman–Crippen LogP) is 9.94. The molecule has 0 bridgehead atoms. The number of carbonyl (C=O) groups excluding carboxylic acids is 3. The minimum Gasteiger partial charge on any atom is -0.393 e. The van der Waals surface area contributed by atoms with E-state index in [1.807, 2.05) is 73.7 Å². The molecule has 0 aliphatic heterocycles. The molecule has 9 heteroatoms. The molecule has 1 heterocycles. The highest BCUT2D eigenvalue weighted by atomic mass is 35.5. The van der Waals surface area contributed by atoms with Crippen LogP contribution in [0.5, 0.6) is 5.75 Å². The van der Waals surface area contributed by atoms with Gasteiger partial charge in [-0.05, 0) is 92.2 Å². The van der Waals surface area contributed by atoms with Gasteiger partial charge in [0.1, 0.15) is 11.5 Å². The molecule has 0 aliphatic carbocycles. The van der Waals surface area contributed by atoms with Crippen molar-refractivity contribution < 1.29 is 24.0 Å². The minimum absolute atomic E-state index is 0.0632. The van der Waals surface area contributed by atoms with Crippen LogP contribution in [0.1, 0.15) is 45.2 Å². The molecule has 240 valence electrons. The van der Waals surface area contributed by atoms with Crippen LogP contribution in [0.15, 0.2) is 125 Å². The number of hydrogen-bond donors (Lipinski definition) is 0. The Hall–Kier alpha value is -5.18. The third-order valence-corrected chi connectivity index (χ3v) is 9.22. The summed E-state index contributed by atoms with van der Waals surface area (Å²) in [7, 11) is 0. The maximum Gasteiger partial charge on any atom is 0.540 e. The molecular weight excluding hydrogens is 644 g/mol. The van der Waals surface area contributed by atoms with Gasteiger partial charge < -0.3 is 9.30 Å². The van der Waals surface area contributed by atoms with E-state index in [0.717, 1.165) is 32.3 Å². The third-order valence-electron chi connectivity index (χ3n) is 7.95. The maximum atomic E-state index is 14.0. The fourth-order valence-corrected chi connectivity index (χ4v) is 6.56. The van der Waals surface area contributed by atoms with Crippen LogP contribution < -0.4 is 4.74 Å². The van der Waals surface area contributed by atoms with Crippen molar-refractivity contribution in [1.82, 2.24) is 4.57 Å². The average molecular weight is 675 g/mol. The maximum absolute atomic E-state index is 14.0. The molecule has 0 saturated carbocycles. The highest BCUT2D eigenvalue weighted by Gasteiger charge is 2.21. The van der Waals surface area contributed by atoms with Crippen molar-refractivity contribution in [3.63, 3.8) is 0 Å². The van der Waals surface area contributed by atoms with Crippen molar-refractivity contribution in [1.29, 1.82) is 0 Å². The molecule has 6 rings (SSSR count). The first-order valence-electron chi connectivity index (χ1n) is 15.4. The number of thioether (sulfide) groups is 1. The van der Waals surface area contributed by atoms with Gasteiger partial charge in [-0.15, -0.1) is 11.8 Å². The Kier molecular flexibility index (Phi) is 10.0. The van der Waals surface area contributed by atoms with Crippen LogP contribution >= 0.6 is 23.4 Å². The first-order valence-corrected chi connectivity index (χ1v) is 16.8. The molecule has 0 saturated heterocycles. The van der Waals surface area contributed by atoms with Gasteiger partial charge in [0.25, 0.3) is 0 Å². The quantitative estimate of drug-likeness (QED) is 0.0259. The summed E-state index contributed by atoms with van der Waals surface area (Å²) in [6.45, 7) is 4.68. The average Bonchev–Trinajstić information content (AvgIpc) is 3.42. The van der Waals surface area contributed by atoms with E-state index in [-0.39, 0.29) is 23.7 Å². The molecule has 7 nitrogen and oxygen atoms in total. The van der Waals surface area contributed by atoms with Gasteiger partial charge in [0.15, 0.2) is 5.78 Å². The summed E-state index contributed by atoms with van der Waals surface area (Å²) in [5.41, 5.74) is 4.45. The normalized spacial score (nSPS) is 11.5. The molecule has 0 aliphatic rings. The van der Waals surface area contributed by atoms with Crippen molar-refractivity contribution >= 4 is 68.6 Å². The van der Waals surface area contributed by atoms with Gasteiger partial charge >= 0.3 is 6.16 Å². The largest absolute Gasteiger partial charge is 0.540 e. The standard InChI is InChI=1S/C39H31ClN2O5S/c1-3-42-35-19-13-26(37(43)31-12-8-7-9-25(31)2)23-32(35)33-24-27(14-20-36(33)42)38(44)34(21-22-48-30-17-15-28(40)16-18-30)41-47-39(45)46-29-10-5-4-6-11-29/h4-20,23-24H,3,21-22H2,1-2H3/b41-34+. The second kappa shape index (κ2) is 14.7. The second-order valence-corrected chi connectivity index (χ2v) is 12.6. The molecule has 0 radical (unpaired) electrons. The van der Waals surface area contributed by atoms with Gasteiger partial charge in [0.2, 0.25) is 5.78 Å².